The molecule has 3 aromatic rings. The Balaban J connectivity index is 1.91. The van der Waals surface area contributed by atoms with E-state index in [0.29, 0.717) is 4.47 Å². The van der Waals surface area contributed by atoms with Crippen molar-refractivity contribution in [3.8, 4) is 11.5 Å². The molecule has 0 aliphatic heterocycles. The summed E-state index contributed by atoms with van der Waals surface area (Å²) in [6.07, 6.45) is 1.67. The summed E-state index contributed by atoms with van der Waals surface area (Å²) in [4.78, 5) is 4.46. The number of halogens is 1. The molecule has 0 unspecified atom stereocenters. The van der Waals surface area contributed by atoms with Crippen molar-refractivity contribution in [2.24, 2.45) is 4.99 Å². The van der Waals surface area contributed by atoms with E-state index in [9.17, 15) is 8.42 Å². The van der Waals surface area contributed by atoms with Gasteiger partial charge in [-0.1, -0.05) is 35.9 Å². The van der Waals surface area contributed by atoms with Crippen LogP contribution in [0.4, 0.5) is 5.69 Å². The Hall–Kier alpha value is -2.64. The molecule has 0 aliphatic rings. The average Bonchev–Trinajstić information content (AvgIpc) is 2.69. The minimum absolute atomic E-state index is 0.0711. The third kappa shape index (κ3) is 4.79. The Morgan fingerprint density at radius 2 is 1.68 bits per heavy atom. The van der Waals surface area contributed by atoms with Crippen molar-refractivity contribution in [2.45, 2.75) is 11.8 Å². The second-order valence-electron chi connectivity index (χ2n) is 5.98. The molecular weight excluding hydrogens is 442 g/mol. The highest BCUT2D eigenvalue weighted by Gasteiger charge is 2.21. The van der Waals surface area contributed by atoms with Gasteiger partial charge in [0, 0.05) is 6.21 Å². The molecule has 0 radical (unpaired) electrons. The lowest BCUT2D eigenvalue weighted by atomic mass is 10.2. The van der Waals surface area contributed by atoms with Crippen LogP contribution in [0.1, 0.15) is 11.1 Å². The topological polar surface area (TPSA) is 65.0 Å². The first-order chi connectivity index (χ1) is 13.4. The molecular formula is C21H18BrNO4S. The third-order valence-corrected chi connectivity index (χ3v) is 5.70. The fraction of sp³-hybridized carbons (Fsp3) is 0.0952. The van der Waals surface area contributed by atoms with E-state index in [0.717, 1.165) is 16.8 Å². The summed E-state index contributed by atoms with van der Waals surface area (Å²) >= 11 is 3.37. The second kappa shape index (κ2) is 8.58. The number of para-hydroxylation sites is 1. The monoisotopic (exact) mass is 459 g/mol. The van der Waals surface area contributed by atoms with E-state index in [1.807, 2.05) is 37.3 Å². The summed E-state index contributed by atoms with van der Waals surface area (Å²) in [5.41, 5.74) is 2.49. The molecule has 28 heavy (non-hydrogen) atoms. The van der Waals surface area contributed by atoms with Crippen LogP contribution in [0.3, 0.4) is 0 Å². The second-order valence-corrected chi connectivity index (χ2v) is 8.38. The third-order valence-electron chi connectivity index (χ3n) is 3.87. The fourth-order valence-electron chi connectivity index (χ4n) is 2.42. The van der Waals surface area contributed by atoms with Crippen LogP contribution in [-0.4, -0.2) is 21.7 Å². The molecule has 0 spiro atoms. The van der Waals surface area contributed by atoms with Crippen molar-refractivity contribution in [1.29, 1.82) is 0 Å². The van der Waals surface area contributed by atoms with Gasteiger partial charge in [-0.15, -0.1) is 0 Å². The first-order valence-corrected chi connectivity index (χ1v) is 10.6. The van der Waals surface area contributed by atoms with Gasteiger partial charge in [0.1, 0.15) is 4.90 Å². The van der Waals surface area contributed by atoms with Gasteiger partial charge in [-0.25, -0.2) is 0 Å². The van der Waals surface area contributed by atoms with Crippen molar-refractivity contribution in [2.75, 3.05) is 7.11 Å². The molecule has 0 aromatic heterocycles. The highest BCUT2D eigenvalue weighted by molar-refractivity contribution is 9.10. The van der Waals surface area contributed by atoms with Gasteiger partial charge >= 0.3 is 10.1 Å². The number of methoxy groups -OCH3 is 1. The zero-order chi connectivity index (χ0) is 20.1. The molecule has 5 nitrogen and oxygen atoms in total. The van der Waals surface area contributed by atoms with Crippen molar-refractivity contribution >= 4 is 38.0 Å². The van der Waals surface area contributed by atoms with Gasteiger partial charge < -0.3 is 8.92 Å². The predicted octanol–water partition coefficient (Wildman–Crippen LogP) is 5.28. The van der Waals surface area contributed by atoms with Gasteiger partial charge in [-0.2, -0.15) is 8.42 Å². The Labute approximate surface area is 172 Å². The molecule has 144 valence electrons. The maximum absolute atomic E-state index is 12.6. The molecule has 0 fully saturated rings. The van der Waals surface area contributed by atoms with Crippen LogP contribution in [0.15, 0.2) is 81.1 Å². The predicted molar refractivity (Wildman–Crippen MR) is 113 cm³/mol. The lowest BCUT2D eigenvalue weighted by molar-refractivity contribution is 0.389. The first-order valence-electron chi connectivity index (χ1n) is 8.37. The lowest BCUT2D eigenvalue weighted by Gasteiger charge is -2.13. The lowest BCUT2D eigenvalue weighted by Crippen LogP contribution is -2.11. The van der Waals surface area contributed by atoms with E-state index >= 15 is 0 Å². The van der Waals surface area contributed by atoms with Gasteiger partial charge in [-0.05, 0) is 64.8 Å². The van der Waals surface area contributed by atoms with Crippen LogP contribution in [0.5, 0.6) is 11.5 Å². The van der Waals surface area contributed by atoms with Gasteiger partial charge in [0.2, 0.25) is 0 Å². The zero-order valence-electron chi connectivity index (χ0n) is 15.3. The standard InChI is InChI=1S/C21H18BrNO4S/c1-15-8-10-18(11-9-15)28(24,25)27-21-19(22)12-16(13-20(21)26-2)14-23-17-6-4-3-5-7-17/h3-14H,1-2H3. The molecule has 7 heteroatoms. The van der Waals surface area contributed by atoms with E-state index in [2.05, 4.69) is 20.9 Å². The van der Waals surface area contributed by atoms with Crippen molar-refractivity contribution in [3.05, 3.63) is 82.3 Å². The van der Waals surface area contributed by atoms with E-state index in [-0.39, 0.29) is 16.4 Å². The molecule has 0 saturated carbocycles. The Morgan fingerprint density at radius 3 is 2.32 bits per heavy atom. The van der Waals surface area contributed by atoms with Crippen LogP contribution < -0.4 is 8.92 Å². The molecule has 0 heterocycles. The van der Waals surface area contributed by atoms with E-state index in [4.69, 9.17) is 8.92 Å². The minimum atomic E-state index is -4.00. The quantitative estimate of drug-likeness (QED) is 0.371. The van der Waals surface area contributed by atoms with Gasteiger partial charge in [0.25, 0.3) is 0 Å². The summed E-state index contributed by atoms with van der Waals surface area (Å²) < 4.78 is 36.3. The first kappa shape index (κ1) is 20.1. The summed E-state index contributed by atoms with van der Waals surface area (Å²) in [6.45, 7) is 1.88. The highest BCUT2D eigenvalue weighted by atomic mass is 79.9. The van der Waals surface area contributed by atoms with Crippen molar-refractivity contribution < 1.29 is 17.3 Å². The Morgan fingerprint density at radius 1 is 1.00 bits per heavy atom. The number of hydrogen-bond donors (Lipinski definition) is 0. The van der Waals surface area contributed by atoms with Crippen LogP contribution in [0.2, 0.25) is 0 Å². The van der Waals surface area contributed by atoms with Crippen LogP contribution in [-0.2, 0) is 10.1 Å². The SMILES string of the molecule is COc1cc(C=Nc2ccccc2)cc(Br)c1OS(=O)(=O)c1ccc(C)cc1. The molecule has 3 aromatic carbocycles. The van der Waals surface area contributed by atoms with Crippen LogP contribution in [0.25, 0.3) is 0 Å². The van der Waals surface area contributed by atoms with E-state index in [1.54, 1.807) is 30.5 Å². The number of hydrogen-bond acceptors (Lipinski definition) is 5. The molecule has 0 aliphatic carbocycles. The van der Waals surface area contributed by atoms with Gasteiger partial charge in [0.05, 0.1) is 17.3 Å². The largest absolute Gasteiger partial charge is 0.493 e. The number of ether oxygens (including phenoxy) is 1. The summed E-state index contributed by atoms with van der Waals surface area (Å²) in [7, 11) is -2.55. The summed E-state index contributed by atoms with van der Waals surface area (Å²) in [5.74, 6) is 0.361. The van der Waals surface area contributed by atoms with Crippen molar-refractivity contribution in [1.82, 2.24) is 0 Å². The van der Waals surface area contributed by atoms with Crippen LogP contribution in [0, 0.1) is 6.92 Å². The van der Waals surface area contributed by atoms with Crippen LogP contribution >= 0.6 is 15.9 Å². The van der Waals surface area contributed by atoms with Gasteiger partial charge in [0.15, 0.2) is 11.5 Å². The fourth-order valence-corrected chi connectivity index (χ4v) is 4.03. The Bertz CT molecular complexity index is 1100. The minimum Gasteiger partial charge on any atom is -0.493 e. The maximum Gasteiger partial charge on any atom is 0.339 e. The number of benzene rings is 3. The molecule has 0 atom stereocenters. The molecule has 0 amide bonds. The molecule has 0 N–H and O–H groups in total. The molecule has 0 saturated heterocycles. The number of rotatable bonds is 6. The highest BCUT2D eigenvalue weighted by Crippen LogP contribution is 2.38. The van der Waals surface area contributed by atoms with Crippen molar-refractivity contribution in [3.63, 3.8) is 0 Å². The number of nitrogens with zero attached hydrogens (tertiary/aromatic N) is 1. The number of aryl methyl sites for hydroxylation is 1. The average molecular weight is 460 g/mol. The van der Waals surface area contributed by atoms with Gasteiger partial charge in [-0.3, -0.25) is 4.99 Å². The van der Waals surface area contributed by atoms with E-state index in [1.165, 1.54) is 19.2 Å². The Kier molecular flexibility index (Phi) is 6.16. The summed E-state index contributed by atoms with van der Waals surface area (Å²) in [5, 5.41) is 0. The molecule has 3 rings (SSSR count). The summed E-state index contributed by atoms with van der Waals surface area (Å²) in [6, 6.07) is 19.3. The zero-order valence-corrected chi connectivity index (χ0v) is 17.7. The molecule has 0 bridgehead atoms. The smallest absolute Gasteiger partial charge is 0.339 e. The normalized spacial score (nSPS) is 11.5. The maximum atomic E-state index is 12.6. The number of aliphatic imine (C=N–C) groups is 1. The van der Waals surface area contributed by atoms with E-state index < -0.39 is 10.1 Å².